The van der Waals surface area contributed by atoms with Gasteiger partial charge in [0.1, 0.15) is 5.82 Å². The number of hydrogen-bond donors (Lipinski definition) is 1. The van der Waals surface area contributed by atoms with Gasteiger partial charge in [0.05, 0.1) is 9.21 Å². The second-order valence-electron chi connectivity index (χ2n) is 8.34. The molecule has 32 heavy (non-hydrogen) atoms. The third kappa shape index (κ3) is 6.66. The van der Waals surface area contributed by atoms with E-state index in [0.29, 0.717) is 5.82 Å². The van der Waals surface area contributed by atoms with Crippen LogP contribution in [0.2, 0.25) is 4.34 Å². The number of nitrogens with zero attached hydrogens (tertiary/aromatic N) is 2. The monoisotopic (exact) mass is 467 g/mol. The molecule has 2 aromatic heterocycles. The maximum absolute atomic E-state index is 6.10. The molecule has 1 N–H and O–H groups in total. The van der Waals surface area contributed by atoms with Crippen molar-refractivity contribution < 1.29 is 0 Å². The predicted octanol–water partition coefficient (Wildman–Crippen LogP) is 8.85. The smallest absolute Gasteiger partial charge is 0.171 e. The average molecular weight is 468 g/mol. The van der Waals surface area contributed by atoms with Gasteiger partial charge in [0, 0.05) is 16.9 Å². The van der Waals surface area contributed by atoms with E-state index in [2.05, 4.69) is 50.9 Å². The van der Waals surface area contributed by atoms with Crippen LogP contribution in [0.3, 0.4) is 0 Å². The molecule has 0 spiro atoms. The number of rotatable bonds is 6. The van der Waals surface area contributed by atoms with Gasteiger partial charge >= 0.3 is 0 Å². The van der Waals surface area contributed by atoms with Crippen LogP contribution >= 0.6 is 22.9 Å². The molecular formula is C27H34ClN3S. The van der Waals surface area contributed by atoms with Gasteiger partial charge in [-0.3, -0.25) is 0 Å². The Morgan fingerprint density at radius 2 is 1.72 bits per heavy atom. The molecule has 0 aliphatic heterocycles. The van der Waals surface area contributed by atoms with E-state index in [4.69, 9.17) is 21.6 Å². The van der Waals surface area contributed by atoms with E-state index in [1.807, 2.05) is 18.2 Å². The fourth-order valence-electron chi connectivity index (χ4n) is 3.97. The lowest BCUT2D eigenvalue weighted by Crippen LogP contribution is -2.07. The van der Waals surface area contributed by atoms with E-state index in [1.54, 1.807) is 0 Å². The third-order valence-electron chi connectivity index (χ3n) is 5.70. The number of halogens is 1. The molecule has 1 saturated carbocycles. The van der Waals surface area contributed by atoms with Crippen molar-refractivity contribution in [3.63, 3.8) is 0 Å². The standard InChI is InChI=1S/C21H22ClN3S.C6H12/c1-5-7-15-16(6-2)23-21(18-10-11-19(22)26-18)25-20(15)24-17-9-8-13(3)12-14(17)4;1-2-4-6-5-3-1/h5,8-12H,1,6-7H2,2-4H3,(H,23,24,25);1-6H2. The Morgan fingerprint density at radius 1 is 1.03 bits per heavy atom. The maximum atomic E-state index is 6.10. The fraction of sp³-hybridized carbons (Fsp3) is 0.407. The Hall–Kier alpha value is -2.17. The van der Waals surface area contributed by atoms with E-state index in [-0.39, 0.29) is 0 Å². The van der Waals surface area contributed by atoms with Crippen LogP contribution < -0.4 is 5.32 Å². The van der Waals surface area contributed by atoms with Gasteiger partial charge in [0.15, 0.2) is 5.82 Å². The Kier molecular flexibility index (Phi) is 9.31. The summed E-state index contributed by atoms with van der Waals surface area (Å²) in [5, 5.41) is 3.52. The van der Waals surface area contributed by atoms with E-state index >= 15 is 0 Å². The molecule has 0 unspecified atom stereocenters. The van der Waals surface area contributed by atoms with Crippen LogP contribution in [0.15, 0.2) is 43.0 Å². The molecule has 3 nitrogen and oxygen atoms in total. The SMILES string of the molecule is C1CCCCC1.C=CCc1c(CC)nc(-c2ccc(Cl)s2)nc1Nc1ccc(C)cc1C. The highest BCUT2D eigenvalue weighted by atomic mass is 35.5. The van der Waals surface area contributed by atoms with E-state index in [9.17, 15) is 0 Å². The molecule has 1 fully saturated rings. The summed E-state index contributed by atoms with van der Waals surface area (Å²) in [6.45, 7) is 10.2. The number of aryl methyl sites for hydroxylation is 3. The predicted molar refractivity (Wildman–Crippen MR) is 141 cm³/mol. The molecule has 4 rings (SSSR count). The summed E-state index contributed by atoms with van der Waals surface area (Å²) in [5.41, 5.74) is 5.61. The first-order chi connectivity index (χ1) is 15.5. The summed E-state index contributed by atoms with van der Waals surface area (Å²) >= 11 is 7.60. The maximum Gasteiger partial charge on any atom is 0.171 e. The van der Waals surface area contributed by atoms with Crippen LogP contribution in [0.4, 0.5) is 11.5 Å². The molecule has 170 valence electrons. The molecule has 0 saturated heterocycles. The third-order valence-corrected chi connectivity index (χ3v) is 6.93. The van der Waals surface area contributed by atoms with Crippen molar-refractivity contribution in [1.82, 2.24) is 9.97 Å². The van der Waals surface area contributed by atoms with Gasteiger partial charge in [-0.2, -0.15) is 0 Å². The van der Waals surface area contributed by atoms with E-state index in [0.717, 1.165) is 44.8 Å². The molecule has 1 aliphatic carbocycles. The largest absolute Gasteiger partial charge is 0.340 e. The topological polar surface area (TPSA) is 37.8 Å². The van der Waals surface area contributed by atoms with Gasteiger partial charge in [0.25, 0.3) is 0 Å². The summed E-state index contributed by atoms with van der Waals surface area (Å²) in [6, 6.07) is 10.2. The molecule has 1 aliphatic rings. The first-order valence-corrected chi connectivity index (χ1v) is 12.8. The number of benzene rings is 1. The lowest BCUT2D eigenvalue weighted by atomic mass is 10.0. The fourth-order valence-corrected chi connectivity index (χ4v) is 4.95. The number of allylic oxidation sites excluding steroid dienone is 1. The molecule has 5 heteroatoms. The first-order valence-electron chi connectivity index (χ1n) is 11.6. The van der Waals surface area contributed by atoms with Crippen molar-refractivity contribution in [3.8, 4) is 10.7 Å². The number of hydrogen-bond acceptors (Lipinski definition) is 4. The summed E-state index contributed by atoms with van der Waals surface area (Å²) in [6.07, 6.45) is 12.5. The quantitative estimate of drug-likeness (QED) is 0.368. The summed E-state index contributed by atoms with van der Waals surface area (Å²) in [4.78, 5) is 10.6. The van der Waals surface area contributed by atoms with Crippen LogP contribution in [0, 0.1) is 13.8 Å². The van der Waals surface area contributed by atoms with Gasteiger partial charge in [-0.1, -0.05) is 80.8 Å². The van der Waals surface area contributed by atoms with Crippen molar-refractivity contribution in [2.24, 2.45) is 0 Å². The normalized spacial score (nSPS) is 13.2. The molecule has 1 aromatic carbocycles. The van der Waals surface area contributed by atoms with Crippen LogP contribution in [-0.2, 0) is 12.8 Å². The zero-order chi connectivity index (χ0) is 22.9. The van der Waals surface area contributed by atoms with Gasteiger partial charge < -0.3 is 5.32 Å². The van der Waals surface area contributed by atoms with Crippen LogP contribution in [0.25, 0.3) is 10.7 Å². The lowest BCUT2D eigenvalue weighted by molar-refractivity contribution is 0.504. The Bertz CT molecular complexity index is 1030. The van der Waals surface area contributed by atoms with E-state index < -0.39 is 0 Å². The molecule has 2 heterocycles. The van der Waals surface area contributed by atoms with Gasteiger partial charge in [0.2, 0.25) is 0 Å². The number of nitrogens with one attached hydrogen (secondary N) is 1. The van der Waals surface area contributed by atoms with Gasteiger partial charge in [-0.05, 0) is 50.5 Å². The van der Waals surface area contributed by atoms with Crippen molar-refractivity contribution in [2.45, 2.75) is 72.1 Å². The first kappa shape index (κ1) is 24.5. The molecule has 0 amide bonds. The molecular weight excluding hydrogens is 434 g/mol. The average Bonchev–Trinajstić information content (AvgIpc) is 3.24. The minimum Gasteiger partial charge on any atom is -0.340 e. The highest BCUT2D eigenvalue weighted by molar-refractivity contribution is 7.19. The van der Waals surface area contributed by atoms with Crippen molar-refractivity contribution in [1.29, 1.82) is 0 Å². The van der Waals surface area contributed by atoms with Crippen molar-refractivity contribution >= 4 is 34.4 Å². The summed E-state index contributed by atoms with van der Waals surface area (Å²) < 4.78 is 0.737. The molecule has 3 aromatic rings. The molecule has 0 radical (unpaired) electrons. The minimum absolute atomic E-state index is 0.707. The Morgan fingerprint density at radius 3 is 2.25 bits per heavy atom. The number of aromatic nitrogens is 2. The number of anilines is 2. The highest BCUT2D eigenvalue weighted by Gasteiger charge is 2.15. The molecule has 0 bridgehead atoms. The number of thiophene rings is 1. The van der Waals surface area contributed by atoms with Gasteiger partial charge in [-0.15, -0.1) is 17.9 Å². The lowest BCUT2D eigenvalue weighted by Gasteiger charge is -2.16. The molecule has 0 atom stereocenters. The summed E-state index contributed by atoms with van der Waals surface area (Å²) in [5.74, 6) is 1.54. The van der Waals surface area contributed by atoms with Crippen molar-refractivity contribution in [3.05, 3.63) is 69.7 Å². The van der Waals surface area contributed by atoms with Gasteiger partial charge in [-0.25, -0.2) is 9.97 Å². The zero-order valence-electron chi connectivity index (χ0n) is 19.5. The van der Waals surface area contributed by atoms with Crippen LogP contribution in [-0.4, -0.2) is 9.97 Å². The van der Waals surface area contributed by atoms with E-state index in [1.165, 1.54) is 61.0 Å². The van der Waals surface area contributed by atoms with Crippen LogP contribution in [0.1, 0.15) is 67.8 Å². The summed E-state index contributed by atoms with van der Waals surface area (Å²) in [7, 11) is 0. The second-order valence-corrected chi connectivity index (χ2v) is 10.1. The Balaban J connectivity index is 0.000000416. The minimum atomic E-state index is 0.707. The highest BCUT2D eigenvalue weighted by Crippen LogP contribution is 2.32. The Labute approximate surface area is 202 Å². The second kappa shape index (κ2) is 12.2. The van der Waals surface area contributed by atoms with Crippen LogP contribution in [0.5, 0.6) is 0 Å². The zero-order valence-corrected chi connectivity index (χ0v) is 21.1. The van der Waals surface area contributed by atoms with Crippen molar-refractivity contribution in [2.75, 3.05) is 5.32 Å².